The van der Waals surface area contributed by atoms with E-state index in [-0.39, 0.29) is 36.6 Å². The molecule has 2 amide bonds. The van der Waals surface area contributed by atoms with Crippen LogP contribution in [0.4, 0.5) is 0 Å². The molecular weight excluding hydrogens is 384 g/mol. The number of rotatable bonds is 11. The standard InChI is InChI=1S/C23H28N2O5/c1-29-20-4-2-3-5-21(20)30-16-23(28)25(18-8-9-18)15-13-22(27)24-14-12-17-6-10-19(26)11-7-17/h2-7,10-11,18,26H,8-9,12-16H2,1H3,(H,24,27). The van der Waals surface area contributed by atoms with Crippen LogP contribution >= 0.6 is 0 Å². The van der Waals surface area contributed by atoms with Crippen molar-refractivity contribution in [1.82, 2.24) is 10.2 Å². The van der Waals surface area contributed by atoms with E-state index in [0.717, 1.165) is 18.4 Å². The highest BCUT2D eigenvalue weighted by atomic mass is 16.5. The van der Waals surface area contributed by atoms with Crippen LogP contribution in [-0.4, -0.2) is 54.7 Å². The smallest absolute Gasteiger partial charge is 0.260 e. The lowest BCUT2D eigenvalue weighted by Gasteiger charge is -2.22. The second-order valence-electron chi connectivity index (χ2n) is 7.27. The molecule has 1 aliphatic rings. The molecule has 2 aromatic rings. The van der Waals surface area contributed by atoms with E-state index < -0.39 is 0 Å². The lowest BCUT2D eigenvalue weighted by Crippen LogP contribution is -2.39. The summed E-state index contributed by atoms with van der Waals surface area (Å²) in [7, 11) is 1.56. The molecule has 0 aromatic heterocycles. The zero-order valence-electron chi connectivity index (χ0n) is 17.2. The molecule has 0 bridgehead atoms. The van der Waals surface area contributed by atoms with Crippen molar-refractivity contribution in [1.29, 1.82) is 0 Å². The van der Waals surface area contributed by atoms with Crippen molar-refractivity contribution < 1.29 is 24.2 Å². The quantitative estimate of drug-likeness (QED) is 0.592. The largest absolute Gasteiger partial charge is 0.508 e. The molecule has 7 heteroatoms. The van der Waals surface area contributed by atoms with Gasteiger partial charge in [0.05, 0.1) is 7.11 Å². The first-order valence-electron chi connectivity index (χ1n) is 10.2. The Kier molecular flexibility index (Phi) is 7.54. The Morgan fingerprint density at radius 2 is 1.80 bits per heavy atom. The number of aromatic hydroxyl groups is 1. The summed E-state index contributed by atoms with van der Waals surface area (Å²) in [4.78, 5) is 26.6. The fourth-order valence-electron chi connectivity index (χ4n) is 3.18. The van der Waals surface area contributed by atoms with Crippen LogP contribution in [0, 0.1) is 0 Å². The molecule has 0 aliphatic heterocycles. The van der Waals surface area contributed by atoms with E-state index in [1.54, 1.807) is 36.3 Å². The number of benzene rings is 2. The second-order valence-corrected chi connectivity index (χ2v) is 7.27. The van der Waals surface area contributed by atoms with Gasteiger partial charge in [-0.25, -0.2) is 0 Å². The lowest BCUT2D eigenvalue weighted by molar-refractivity contribution is -0.134. The molecule has 0 saturated heterocycles. The highest BCUT2D eigenvalue weighted by Crippen LogP contribution is 2.28. The Labute approximate surface area is 176 Å². The minimum Gasteiger partial charge on any atom is -0.508 e. The predicted molar refractivity (Wildman–Crippen MR) is 113 cm³/mol. The molecule has 1 aliphatic carbocycles. The molecule has 2 aromatic carbocycles. The van der Waals surface area contributed by atoms with E-state index in [1.165, 1.54) is 0 Å². The summed E-state index contributed by atoms with van der Waals surface area (Å²) in [6.07, 6.45) is 2.86. The zero-order valence-corrected chi connectivity index (χ0v) is 17.2. The molecule has 7 nitrogen and oxygen atoms in total. The number of methoxy groups -OCH3 is 1. The molecule has 0 radical (unpaired) electrons. The molecule has 3 rings (SSSR count). The van der Waals surface area contributed by atoms with Crippen LogP contribution in [0.15, 0.2) is 48.5 Å². The molecule has 2 N–H and O–H groups in total. The van der Waals surface area contributed by atoms with Crippen molar-refractivity contribution in [2.24, 2.45) is 0 Å². The van der Waals surface area contributed by atoms with Gasteiger partial charge in [0.25, 0.3) is 5.91 Å². The molecule has 30 heavy (non-hydrogen) atoms. The van der Waals surface area contributed by atoms with Gasteiger partial charge < -0.3 is 24.8 Å². The Morgan fingerprint density at radius 1 is 1.10 bits per heavy atom. The number of nitrogens with zero attached hydrogens (tertiary/aromatic N) is 1. The number of phenolic OH excluding ortho intramolecular Hbond substituents is 1. The Bertz CT molecular complexity index is 849. The van der Waals surface area contributed by atoms with Crippen molar-refractivity contribution in [2.45, 2.75) is 31.7 Å². The molecule has 1 fully saturated rings. The maximum atomic E-state index is 12.6. The van der Waals surface area contributed by atoms with Gasteiger partial charge in [-0.1, -0.05) is 24.3 Å². The third-order valence-corrected chi connectivity index (χ3v) is 4.98. The van der Waals surface area contributed by atoms with Gasteiger partial charge in [-0.2, -0.15) is 0 Å². The number of carbonyl (C=O) groups is 2. The lowest BCUT2D eigenvalue weighted by atomic mass is 10.1. The number of amides is 2. The summed E-state index contributed by atoms with van der Waals surface area (Å²) < 4.78 is 10.9. The van der Waals surface area contributed by atoms with Crippen molar-refractivity contribution in [2.75, 3.05) is 26.8 Å². The maximum Gasteiger partial charge on any atom is 0.260 e. The van der Waals surface area contributed by atoms with Gasteiger partial charge in [-0.3, -0.25) is 9.59 Å². The third-order valence-electron chi connectivity index (χ3n) is 4.98. The molecule has 0 unspecified atom stereocenters. The van der Waals surface area contributed by atoms with Gasteiger partial charge in [0.1, 0.15) is 5.75 Å². The summed E-state index contributed by atoms with van der Waals surface area (Å²) >= 11 is 0. The van der Waals surface area contributed by atoms with Gasteiger partial charge >= 0.3 is 0 Å². The Balaban J connectivity index is 1.41. The number of ether oxygens (including phenoxy) is 2. The fourth-order valence-corrected chi connectivity index (χ4v) is 3.18. The van der Waals surface area contributed by atoms with Gasteiger partial charge in [-0.05, 0) is 49.1 Å². The molecule has 0 heterocycles. The van der Waals surface area contributed by atoms with Gasteiger partial charge in [-0.15, -0.1) is 0 Å². The number of para-hydroxylation sites is 2. The Morgan fingerprint density at radius 3 is 2.47 bits per heavy atom. The number of hydrogen-bond acceptors (Lipinski definition) is 5. The Hall–Kier alpha value is -3.22. The third kappa shape index (κ3) is 6.40. The number of hydrogen-bond donors (Lipinski definition) is 2. The van der Waals surface area contributed by atoms with E-state index in [0.29, 0.717) is 31.0 Å². The summed E-state index contributed by atoms with van der Waals surface area (Å²) in [5.74, 6) is 1.12. The van der Waals surface area contributed by atoms with Gasteiger partial charge in [0.2, 0.25) is 5.91 Å². The molecule has 0 spiro atoms. The average molecular weight is 412 g/mol. The maximum absolute atomic E-state index is 12.6. The van der Waals surface area contributed by atoms with Crippen LogP contribution in [0.1, 0.15) is 24.8 Å². The highest BCUT2D eigenvalue weighted by Gasteiger charge is 2.32. The van der Waals surface area contributed by atoms with Crippen molar-refractivity contribution in [3.8, 4) is 17.2 Å². The molecule has 1 saturated carbocycles. The number of phenols is 1. The van der Waals surface area contributed by atoms with Gasteiger partial charge in [0.15, 0.2) is 18.1 Å². The van der Waals surface area contributed by atoms with Crippen molar-refractivity contribution in [3.05, 3.63) is 54.1 Å². The van der Waals surface area contributed by atoms with Crippen molar-refractivity contribution >= 4 is 11.8 Å². The fraction of sp³-hybridized carbons (Fsp3) is 0.391. The first kappa shape index (κ1) is 21.5. The number of carbonyl (C=O) groups excluding carboxylic acids is 2. The van der Waals surface area contributed by atoms with Gasteiger partial charge in [0, 0.05) is 25.6 Å². The monoisotopic (exact) mass is 412 g/mol. The minimum atomic E-state index is -0.125. The summed E-state index contributed by atoms with van der Waals surface area (Å²) in [5, 5.41) is 12.2. The minimum absolute atomic E-state index is 0.0840. The zero-order chi connectivity index (χ0) is 21.3. The van der Waals surface area contributed by atoms with E-state index in [9.17, 15) is 14.7 Å². The van der Waals surface area contributed by atoms with Crippen LogP contribution in [0.5, 0.6) is 17.2 Å². The first-order valence-corrected chi connectivity index (χ1v) is 10.2. The van der Waals surface area contributed by atoms with Crippen LogP contribution < -0.4 is 14.8 Å². The summed E-state index contributed by atoms with van der Waals surface area (Å²) in [6.45, 7) is 0.807. The summed E-state index contributed by atoms with van der Waals surface area (Å²) in [6, 6.07) is 14.3. The average Bonchev–Trinajstić information content (AvgIpc) is 3.59. The van der Waals surface area contributed by atoms with E-state index in [4.69, 9.17) is 9.47 Å². The topological polar surface area (TPSA) is 88.1 Å². The second kappa shape index (κ2) is 10.5. The SMILES string of the molecule is COc1ccccc1OCC(=O)N(CCC(=O)NCCc1ccc(O)cc1)C1CC1. The first-order chi connectivity index (χ1) is 14.6. The van der Waals surface area contributed by atoms with Crippen molar-refractivity contribution in [3.63, 3.8) is 0 Å². The van der Waals surface area contributed by atoms with E-state index >= 15 is 0 Å². The molecule has 0 atom stereocenters. The van der Waals surface area contributed by atoms with Crippen LogP contribution in [0.2, 0.25) is 0 Å². The van der Waals surface area contributed by atoms with E-state index in [1.807, 2.05) is 24.3 Å². The van der Waals surface area contributed by atoms with Crippen LogP contribution in [0.25, 0.3) is 0 Å². The number of nitrogens with one attached hydrogen (secondary N) is 1. The molecule has 160 valence electrons. The van der Waals surface area contributed by atoms with Crippen LogP contribution in [-0.2, 0) is 16.0 Å². The highest BCUT2D eigenvalue weighted by molar-refractivity contribution is 5.80. The summed E-state index contributed by atoms with van der Waals surface area (Å²) in [5.41, 5.74) is 1.04. The predicted octanol–water partition coefficient (Wildman–Crippen LogP) is 2.52. The van der Waals surface area contributed by atoms with E-state index in [2.05, 4.69) is 5.32 Å². The molecular formula is C23H28N2O5. The normalized spacial score (nSPS) is 12.8. The van der Waals surface area contributed by atoms with Crippen LogP contribution in [0.3, 0.4) is 0 Å².